The van der Waals surface area contributed by atoms with Crippen LogP contribution in [-0.4, -0.2) is 14.8 Å². The van der Waals surface area contributed by atoms with Gasteiger partial charge in [0, 0.05) is 5.41 Å². The summed E-state index contributed by atoms with van der Waals surface area (Å²) < 4.78 is 2.66. The smallest absolute Gasteiger partial charge is 0.195 e. The summed E-state index contributed by atoms with van der Waals surface area (Å²) in [7, 11) is 0. The van der Waals surface area contributed by atoms with Crippen LogP contribution in [0.4, 0.5) is 0 Å². The number of H-pyrrole nitrogens is 1. The van der Waals surface area contributed by atoms with Crippen LogP contribution in [0.2, 0.25) is 0 Å². The number of rotatable bonds is 2. The van der Waals surface area contributed by atoms with Gasteiger partial charge in [-0.25, -0.2) is 0 Å². The molecular weight excluding hydrogens is 194 g/mol. The first-order valence-corrected chi connectivity index (χ1v) is 5.08. The molecule has 1 N–H and O–H groups in total. The fourth-order valence-electron chi connectivity index (χ4n) is 1.32. The highest BCUT2D eigenvalue weighted by molar-refractivity contribution is 7.71. The molecule has 0 spiro atoms. The van der Waals surface area contributed by atoms with Gasteiger partial charge in [-0.05, 0) is 19.1 Å². The summed E-state index contributed by atoms with van der Waals surface area (Å²) in [6.07, 6.45) is 1.86. The molecule has 0 saturated heterocycles. The van der Waals surface area contributed by atoms with Gasteiger partial charge in [-0.2, -0.15) is 5.10 Å². The first-order chi connectivity index (χ1) is 6.38. The maximum absolute atomic E-state index is 5.18. The molecule has 4 heteroatoms. The maximum atomic E-state index is 5.18. The van der Waals surface area contributed by atoms with E-state index in [9.17, 15) is 0 Å². The number of hydrogen-bond acceptors (Lipinski definition) is 2. The minimum absolute atomic E-state index is 0.00910. The Hall–Kier alpha value is -0.900. The van der Waals surface area contributed by atoms with Crippen molar-refractivity contribution in [1.29, 1.82) is 0 Å². The highest BCUT2D eigenvalue weighted by Crippen LogP contribution is 2.23. The normalized spacial score (nSPS) is 14.0. The lowest BCUT2D eigenvalue weighted by Crippen LogP contribution is -2.20. The molecule has 1 aromatic heterocycles. The van der Waals surface area contributed by atoms with Crippen molar-refractivity contribution in [2.75, 3.05) is 0 Å². The summed E-state index contributed by atoms with van der Waals surface area (Å²) in [6, 6.07) is 0.176. The summed E-state index contributed by atoms with van der Waals surface area (Å²) >= 11 is 5.18. The van der Waals surface area contributed by atoms with Gasteiger partial charge in [0.05, 0.1) is 6.04 Å². The molecule has 0 saturated carbocycles. The van der Waals surface area contributed by atoms with Crippen molar-refractivity contribution >= 4 is 12.2 Å². The summed E-state index contributed by atoms with van der Waals surface area (Å²) in [4.78, 5) is 0. The molecule has 78 valence electrons. The number of allylic oxidation sites excluding steroid dienone is 1. The lowest BCUT2D eigenvalue weighted by Gasteiger charge is -2.20. The van der Waals surface area contributed by atoms with E-state index >= 15 is 0 Å². The zero-order valence-electron chi connectivity index (χ0n) is 9.16. The van der Waals surface area contributed by atoms with Gasteiger partial charge in [-0.15, -0.1) is 6.58 Å². The quantitative estimate of drug-likeness (QED) is 0.602. The van der Waals surface area contributed by atoms with Gasteiger partial charge in [0.2, 0.25) is 0 Å². The Morgan fingerprint density at radius 1 is 1.57 bits per heavy atom. The van der Waals surface area contributed by atoms with Gasteiger partial charge in [0.1, 0.15) is 5.82 Å². The second-order valence-electron chi connectivity index (χ2n) is 4.45. The number of nitrogens with one attached hydrogen (secondary N) is 1. The van der Waals surface area contributed by atoms with E-state index in [2.05, 4.69) is 37.5 Å². The zero-order chi connectivity index (χ0) is 10.9. The first-order valence-electron chi connectivity index (χ1n) is 4.68. The van der Waals surface area contributed by atoms with Crippen molar-refractivity contribution in [3.8, 4) is 0 Å². The third-order valence-electron chi connectivity index (χ3n) is 2.12. The molecule has 0 aliphatic heterocycles. The molecule has 0 bridgehead atoms. The zero-order valence-corrected chi connectivity index (χ0v) is 9.98. The highest BCUT2D eigenvalue weighted by Gasteiger charge is 2.22. The largest absolute Gasteiger partial charge is 0.297 e. The van der Waals surface area contributed by atoms with Crippen LogP contribution in [0, 0.1) is 4.77 Å². The Morgan fingerprint density at radius 3 is 2.57 bits per heavy atom. The summed E-state index contributed by atoms with van der Waals surface area (Å²) in [5.74, 6) is 0.968. The van der Waals surface area contributed by atoms with Gasteiger partial charge in [-0.1, -0.05) is 26.8 Å². The Morgan fingerprint density at radius 2 is 2.14 bits per heavy atom. The summed E-state index contributed by atoms with van der Waals surface area (Å²) in [6.45, 7) is 12.2. The van der Waals surface area contributed by atoms with E-state index in [1.165, 1.54) is 0 Å². The monoisotopic (exact) mass is 211 g/mol. The van der Waals surface area contributed by atoms with Crippen molar-refractivity contribution in [1.82, 2.24) is 14.8 Å². The third-order valence-corrected chi connectivity index (χ3v) is 2.41. The van der Waals surface area contributed by atoms with Crippen molar-refractivity contribution in [2.24, 2.45) is 0 Å². The fraction of sp³-hybridized carbons (Fsp3) is 0.600. The molecule has 1 rings (SSSR count). The van der Waals surface area contributed by atoms with Gasteiger partial charge >= 0.3 is 0 Å². The standard InChI is InChI=1S/C10H17N3S/c1-6-7(2)13-8(10(3,4)5)11-12-9(13)14/h6-7H,1H2,2-5H3,(H,12,14). The second kappa shape index (κ2) is 3.69. The minimum Gasteiger partial charge on any atom is -0.297 e. The molecule has 1 atom stereocenters. The minimum atomic E-state index is -0.00910. The fourth-order valence-corrected chi connectivity index (χ4v) is 1.62. The van der Waals surface area contributed by atoms with Gasteiger partial charge in [0.25, 0.3) is 0 Å². The van der Waals surface area contributed by atoms with Crippen LogP contribution in [0.15, 0.2) is 12.7 Å². The molecule has 0 radical (unpaired) electrons. The van der Waals surface area contributed by atoms with E-state index < -0.39 is 0 Å². The lowest BCUT2D eigenvalue weighted by molar-refractivity contribution is 0.484. The second-order valence-corrected chi connectivity index (χ2v) is 4.84. The lowest BCUT2D eigenvalue weighted by atomic mass is 9.95. The van der Waals surface area contributed by atoms with Gasteiger partial charge < -0.3 is 0 Å². The topological polar surface area (TPSA) is 33.6 Å². The number of nitrogens with zero attached hydrogens (tertiary/aromatic N) is 2. The van der Waals surface area contributed by atoms with Crippen LogP contribution in [-0.2, 0) is 5.41 Å². The average Bonchev–Trinajstić information content (AvgIpc) is 2.45. The van der Waals surface area contributed by atoms with Crippen LogP contribution in [0.1, 0.15) is 39.6 Å². The van der Waals surface area contributed by atoms with Crippen molar-refractivity contribution in [3.63, 3.8) is 0 Å². The van der Waals surface area contributed by atoms with E-state index in [1.54, 1.807) is 0 Å². The molecule has 3 nitrogen and oxygen atoms in total. The molecular formula is C10H17N3S. The number of aromatic amines is 1. The van der Waals surface area contributed by atoms with Crippen molar-refractivity contribution in [2.45, 2.75) is 39.2 Å². The van der Waals surface area contributed by atoms with Crippen molar-refractivity contribution in [3.05, 3.63) is 23.3 Å². The van der Waals surface area contributed by atoms with E-state index in [0.717, 1.165) is 5.82 Å². The molecule has 1 aromatic rings. The van der Waals surface area contributed by atoms with Crippen LogP contribution in [0.3, 0.4) is 0 Å². The van der Waals surface area contributed by atoms with E-state index in [1.807, 2.05) is 17.6 Å². The SMILES string of the molecule is C=CC(C)n1c(C(C)(C)C)n[nH]c1=S. The molecule has 14 heavy (non-hydrogen) atoms. The molecule has 1 unspecified atom stereocenters. The predicted octanol–water partition coefficient (Wildman–Crippen LogP) is 2.99. The Bertz CT molecular complexity index is 381. The molecule has 0 aliphatic carbocycles. The predicted molar refractivity (Wildman–Crippen MR) is 61.0 cm³/mol. The highest BCUT2D eigenvalue weighted by atomic mass is 32.1. The maximum Gasteiger partial charge on any atom is 0.195 e. The Kier molecular flexibility index (Phi) is 2.95. The Balaban J connectivity index is 3.33. The third kappa shape index (κ3) is 1.95. The molecule has 0 amide bonds. The van der Waals surface area contributed by atoms with E-state index in [0.29, 0.717) is 4.77 Å². The molecule has 1 heterocycles. The van der Waals surface area contributed by atoms with Gasteiger partial charge in [0.15, 0.2) is 4.77 Å². The van der Waals surface area contributed by atoms with E-state index in [-0.39, 0.29) is 11.5 Å². The average molecular weight is 211 g/mol. The Labute approximate surface area is 89.8 Å². The van der Waals surface area contributed by atoms with Crippen LogP contribution in [0.5, 0.6) is 0 Å². The summed E-state index contributed by atoms with van der Waals surface area (Å²) in [5, 5.41) is 7.08. The van der Waals surface area contributed by atoms with Gasteiger partial charge in [-0.3, -0.25) is 9.67 Å². The molecule has 0 aliphatic rings. The van der Waals surface area contributed by atoms with Crippen LogP contribution in [0.25, 0.3) is 0 Å². The first kappa shape index (κ1) is 11.2. The number of aromatic nitrogens is 3. The molecule has 0 fully saturated rings. The van der Waals surface area contributed by atoms with Crippen LogP contribution >= 0.6 is 12.2 Å². The van der Waals surface area contributed by atoms with Crippen LogP contribution < -0.4 is 0 Å². The summed E-state index contributed by atoms with van der Waals surface area (Å²) in [5.41, 5.74) is -0.00910. The van der Waals surface area contributed by atoms with Crippen molar-refractivity contribution < 1.29 is 0 Å². The molecule has 0 aromatic carbocycles. The number of hydrogen-bond donors (Lipinski definition) is 1. The van der Waals surface area contributed by atoms with E-state index in [4.69, 9.17) is 12.2 Å².